The maximum atomic E-state index is 12.7. The Morgan fingerprint density at radius 3 is 2.46 bits per heavy atom. The summed E-state index contributed by atoms with van der Waals surface area (Å²) in [5.74, 6) is -2.45. The summed E-state index contributed by atoms with van der Waals surface area (Å²) in [4.78, 5) is 0. The number of nitrogens with two attached hydrogens (primary N) is 1. The summed E-state index contributed by atoms with van der Waals surface area (Å²) in [5, 5.41) is 0. The molecule has 0 aromatic heterocycles. The Balaban J connectivity index is 2.11. The average Bonchev–Trinajstić information content (AvgIpc) is 2.08. The minimum atomic E-state index is -2.45. The Morgan fingerprint density at radius 2 is 1.92 bits per heavy atom. The zero-order chi connectivity index (χ0) is 9.73. The van der Waals surface area contributed by atoms with Crippen LogP contribution in [0, 0.1) is 0 Å². The highest BCUT2D eigenvalue weighted by Gasteiger charge is 2.34. The molecular weight excluding hydrogens is 176 g/mol. The normalized spacial score (nSPS) is 23.3. The molecule has 0 spiro atoms. The van der Waals surface area contributed by atoms with Gasteiger partial charge in [0.2, 0.25) is 5.92 Å². The molecular formula is C9H17F2NO. The molecule has 0 saturated heterocycles. The summed E-state index contributed by atoms with van der Waals surface area (Å²) < 4.78 is 30.8. The molecule has 2 nitrogen and oxygen atoms in total. The van der Waals surface area contributed by atoms with Crippen molar-refractivity contribution in [3.05, 3.63) is 0 Å². The fourth-order valence-corrected chi connectivity index (χ4v) is 1.51. The lowest BCUT2D eigenvalue weighted by atomic mass is 9.94. The van der Waals surface area contributed by atoms with Gasteiger partial charge in [-0.05, 0) is 25.8 Å². The van der Waals surface area contributed by atoms with E-state index >= 15 is 0 Å². The highest BCUT2D eigenvalue weighted by atomic mass is 19.3. The molecule has 1 aliphatic carbocycles. The Morgan fingerprint density at radius 1 is 1.31 bits per heavy atom. The van der Waals surface area contributed by atoms with E-state index in [0.717, 1.165) is 6.42 Å². The van der Waals surface area contributed by atoms with Gasteiger partial charge in [0, 0.05) is 19.4 Å². The van der Waals surface area contributed by atoms with Gasteiger partial charge >= 0.3 is 0 Å². The first kappa shape index (κ1) is 10.9. The zero-order valence-corrected chi connectivity index (χ0v) is 7.77. The molecule has 0 atom stereocenters. The van der Waals surface area contributed by atoms with Crippen LogP contribution in [0.3, 0.4) is 0 Å². The maximum Gasteiger partial charge on any atom is 0.248 e. The van der Waals surface area contributed by atoms with Crippen LogP contribution in [0.1, 0.15) is 32.1 Å². The van der Waals surface area contributed by atoms with Crippen molar-refractivity contribution in [2.75, 3.05) is 13.2 Å². The Hall–Kier alpha value is -0.220. The number of rotatable bonds is 4. The number of alkyl halides is 2. The molecule has 0 aliphatic heterocycles. The van der Waals surface area contributed by atoms with Gasteiger partial charge in [0.1, 0.15) is 0 Å². The molecule has 13 heavy (non-hydrogen) atoms. The molecule has 2 N–H and O–H groups in total. The smallest absolute Gasteiger partial charge is 0.248 e. The third-order valence-electron chi connectivity index (χ3n) is 2.37. The van der Waals surface area contributed by atoms with Crippen LogP contribution in [0.25, 0.3) is 0 Å². The van der Waals surface area contributed by atoms with Gasteiger partial charge in [-0.1, -0.05) is 0 Å². The van der Waals surface area contributed by atoms with Gasteiger partial charge in [-0.3, -0.25) is 0 Å². The summed E-state index contributed by atoms with van der Waals surface area (Å²) in [6.07, 6.45) is 1.76. The van der Waals surface area contributed by atoms with Gasteiger partial charge in [0.25, 0.3) is 0 Å². The summed E-state index contributed by atoms with van der Waals surface area (Å²) in [6.45, 7) is 1.20. The number of ether oxygens (including phenoxy) is 1. The lowest BCUT2D eigenvalue weighted by Crippen LogP contribution is -2.29. The number of halogens is 2. The molecule has 0 aromatic carbocycles. The topological polar surface area (TPSA) is 35.2 Å². The highest BCUT2D eigenvalue weighted by molar-refractivity contribution is 4.77. The second-order valence-electron chi connectivity index (χ2n) is 3.57. The minimum Gasteiger partial charge on any atom is -0.378 e. The van der Waals surface area contributed by atoms with Crippen molar-refractivity contribution in [3.8, 4) is 0 Å². The van der Waals surface area contributed by atoms with Crippen LogP contribution in [-0.2, 0) is 4.74 Å². The molecule has 0 heterocycles. The monoisotopic (exact) mass is 193 g/mol. The fraction of sp³-hybridized carbons (Fsp3) is 1.00. The first-order valence-electron chi connectivity index (χ1n) is 4.83. The molecule has 0 bridgehead atoms. The van der Waals surface area contributed by atoms with Gasteiger partial charge in [0.05, 0.1) is 6.10 Å². The molecule has 0 unspecified atom stereocenters. The lowest BCUT2D eigenvalue weighted by Gasteiger charge is -2.28. The Bertz CT molecular complexity index is 143. The van der Waals surface area contributed by atoms with Crippen molar-refractivity contribution >= 4 is 0 Å². The van der Waals surface area contributed by atoms with Crippen molar-refractivity contribution in [1.82, 2.24) is 0 Å². The SMILES string of the molecule is NCCCOC1CCC(F)(F)CC1. The molecule has 0 amide bonds. The van der Waals surface area contributed by atoms with Crippen LogP contribution in [0.2, 0.25) is 0 Å². The van der Waals surface area contributed by atoms with E-state index in [1.165, 1.54) is 0 Å². The van der Waals surface area contributed by atoms with Gasteiger partial charge in [-0.15, -0.1) is 0 Å². The third kappa shape index (κ3) is 4.00. The summed E-state index contributed by atoms with van der Waals surface area (Å²) in [7, 11) is 0. The van der Waals surface area contributed by atoms with Gasteiger partial charge in [-0.25, -0.2) is 8.78 Å². The zero-order valence-electron chi connectivity index (χ0n) is 7.77. The third-order valence-corrected chi connectivity index (χ3v) is 2.37. The molecule has 78 valence electrons. The first-order valence-corrected chi connectivity index (χ1v) is 4.83. The van der Waals surface area contributed by atoms with E-state index in [1.54, 1.807) is 0 Å². The van der Waals surface area contributed by atoms with Crippen LogP contribution in [0.5, 0.6) is 0 Å². The standard InChI is InChI=1S/C9H17F2NO/c10-9(11)4-2-8(3-5-9)13-7-1-6-12/h8H,1-7,12H2. The largest absolute Gasteiger partial charge is 0.378 e. The first-order chi connectivity index (χ1) is 6.14. The fourth-order valence-electron chi connectivity index (χ4n) is 1.51. The maximum absolute atomic E-state index is 12.7. The minimum absolute atomic E-state index is 0.0275. The lowest BCUT2D eigenvalue weighted by molar-refractivity contribution is -0.0803. The summed E-state index contributed by atoms with van der Waals surface area (Å²) in [6, 6.07) is 0. The van der Waals surface area contributed by atoms with Crippen LogP contribution < -0.4 is 5.73 Å². The molecule has 1 saturated carbocycles. The van der Waals surface area contributed by atoms with E-state index in [1.807, 2.05) is 0 Å². The van der Waals surface area contributed by atoms with Gasteiger partial charge < -0.3 is 10.5 Å². The highest BCUT2D eigenvalue weighted by Crippen LogP contribution is 2.34. The molecule has 0 radical (unpaired) electrons. The van der Waals surface area contributed by atoms with Crippen LogP contribution in [0.15, 0.2) is 0 Å². The molecule has 1 aliphatic rings. The van der Waals surface area contributed by atoms with E-state index in [2.05, 4.69) is 0 Å². The predicted octanol–water partition coefficient (Wildman–Crippen LogP) is 1.93. The van der Waals surface area contributed by atoms with Crippen molar-refractivity contribution < 1.29 is 13.5 Å². The van der Waals surface area contributed by atoms with E-state index in [9.17, 15) is 8.78 Å². The van der Waals surface area contributed by atoms with Crippen LogP contribution in [-0.4, -0.2) is 25.2 Å². The number of hydrogen-bond donors (Lipinski definition) is 1. The van der Waals surface area contributed by atoms with E-state index in [0.29, 0.717) is 26.0 Å². The van der Waals surface area contributed by atoms with E-state index in [4.69, 9.17) is 10.5 Å². The number of hydrogen-bond acceptors (Lipinski definition) is 2. The summed E-state index contributed by atoms with van der Waals surface area (Å²) in [5.41, 5.74) is 5.29. The Labute approximate surface area is 77.4 Å². The second-order valence-corrected chi connectivity index (χ2v) is 3.57. The van der Waals surface area contributed by atoms with Crippen molar-refractivity contribution in [2.24, 2.45) is 5.73 Å². The molecule has 0 aromatic rings. The molecule has 1 fully saturated rings. The van der Waals surface area contributed by atoms with Crippen molar-refractivity contribution in [3.63, 3.8) is 0 Å². The van der Waals surface area contributed by atoms with E-state index < -0.39 is 5.92 Å². The molecule has 4 heteroatoms. The van der Waals surface area contributed by atoms with Crippen molar-refractivity contribution in [2.45, 2.75) is 44.1 Å². The second kappa shape index (κ2) is 4.86. The summed E-state index contributed by atoms with van der Waals surface area (Å²) >= 11 is 0. The van der Waals surface area contributed by atoms with E-state index in [-0.39, 0.29) is 18.9 Å². The average molecular weight is 193 g/mol. The quantitative estimate of drug-likeness (QED) is 0.692. The molecule has 1 rings (SSSR count). The van der Waals surface area contributed by atoms with Crippen LogP contribution >= 0.6 is 0 Å². The van der Waals surface area contributed by atoms with Crippen LogP contribution in [0.4, 0.5) is 8.78 Å². The van der Waals surface area contributed by atoms with Crippen molar-refractivity contribution in [1.29, 1.82) is 0 Å². The van der Waals surface area contributed by atoms with Gasteiger partial charge in [-0.2, -0.15) is 0 Å². The Kier molecular flexibility index (Phi) is 4.06. The predicted molar refractivity (Wildman–Crippen MR) is 46.8 cm³/mol. The van der Waals surface area contributed by atoms with Gasteiger partial charge in [0.15, 0.2) is 0 Å².